The van der Waals surface area contributed by atoms with Crippen molar-refractivity contribution in [1.29, 1.82) is 0 Å². The Morgan fingerprint density at radius 3 is 2.67 bits per heavy atom. The Labute approximate surface area is 183 Å². The number of amides is 2. The Morgan fingerprint density at radius 1 is 1.20 bits per heavy atom. The molecule has 2 aliphatic heterocycles. The summed E-state index contributed by atoms with van der Waals surface area (Å²) in [4.78, 5) is 31.3. The molecule has 0 spiro atoms. The van der Waals surface area contributed by atoms with Crippen LogP contribution in [0.1, 0.15) is 6.42 Å². The second-order valence-corrected chi connectivity index (χ2v) is 8.46. The predicted molar refractivity (Wildman–Crippen MR) is 121 cm³/mol. The fourth-order valence-corrected chi connectivity index (χ4v) is 4.36. The zero-order valence-corrected chi connectivity index (χ0v) is 17.7. The van der Waals surface area contributed by atoms with Crippen LogP contribution >= 0.6 is 23.4 Å². The molecule has 0 aliphatic carbocycles. The molecule has 1 atom stereocenters. The SMILES string of the molecule is O=C(CC1SC(=Nc2ccccc2Cl)NC1=O)Nc1ccc(N2CCOCC2)cc1. The number of benzene rings is 2. The van der Waals surface area contributed by atoms with Crippen LogP contribution in [0, 0.1) is 0 Å². The van der Waals surface area contributed by atoms with Gasteiger partial charge in [-0.2, -0.15) is 0 Å². The summed E-state index contributed by atoms with van der Waals surface area (Å²) in [5, 5.41) is 5.99. The molecule has 0 aromatic heterocycles. The third kappa shape index (κ3) is 5.13. The van der Waals surface area contributed by atoms with Crippen LogP contribution in [0.25, 0.3) is 0 Å². The molecule has 2 aromatic rings. The number of nitrogens with one attached hydrogen (secondary N) is 2. The van der Waals surface area contributed by atoms with Crippen molar-refractivity contribution in [3.8, 4) is 0 Å². The van der Waals surface area contributed by atoms with Gasteiger partial charge in [-0.3, -0.25) is 9.59 Å². The van der Waals surface area contributed by atoms with Crippen molar-refractivity contribution in [3.05, 3.63) is 53.6 Å². The van der Waals surface area contributed by atoms with Gasteiger partial charge in [0, 0.05) is 30.9 Å². The lowest BCUT2D eigenvalue weighted by Gasteiger charge is -2.28. The molecule has 0 bridgehead atoms. The molecule has 2 N–H and O–H groups in total. The van der Waals surface area contributed by atoms with Crippen LogP contribution in [0.3, 0.4) is 0 Å². The van der Waals surface area contributed by atoms with Crippen LogP contribution in [0.4, 0.5) is 17.1 Å². The molecule has 9 heteroatoms. The average Bonchev–Trinajstić information content (AvgIpc) is 3.09. The van der Waals surface area contributed by atoms with Crippen molar-refractivity contribution < 1.29 is 14.3 Å². The van der Waals surface area contributed by atoms with Gasteiger partial charge in [-0.25, -0.2) is 4.99 Å². The highest BCUT2D eigenvalue weighted by Gasteiger charge is 2.32. The van der Waals surface area contributed by atoms with Gasteiger partial charge in [0.1, 0.15) is 5.25 Å². The summed E-state index contributed by atoms with van der Waals surface area (Å²) in [5.41, 5.74) is 2.38. The zero-order valence-electron chi connectivity index (χ0n) is 16.1. The van der Waals surface area contributed by atoms with Gasteiger partial charge in [0.05, 0.1) is 23.9 Å². The molecule has 0 saturated carbocycles. The predicted octanol–water partition coefficient (Wildman–Crippen LogP) is 3.42. The van der Waals surface area contributed by atoms with Gasteiger partial charge >= 0.3 is 0 Å². The number of hydrogen-bond acceptors (Lipinski definition) is 6. The highest BCUT2D eigenvalue weighted by atomic mass is 35.5. The van der Waals surface area contributed by atoms with Crippen molar-refractivity contribution in [2.75, 3.05) is 36.5 Å². The van der Waals surface area contributed by atoms with E-state index in [1.54, 1.807) is 12.1 Å². The first-order chi connectivity index (χ1) is 14.6. The number of ether oxygens (including phenoxy) is 1. The van der Waals surface area contributed by atoms with Gasteiger partial charge in [-0.05, 0) is 36.4 Å². The maximum Gasteiger partial charge on any atom is 0.240 e. The largest absolute Gasteiger partial charge is 0.378 e. The molecule has 30 heavy (non-hydrogen) atoms. The number of aliphatic imine (C=N–C) groups is 1. The highest BCUT2D eigenvalue weighted by molar-refractivity contribution is 8.15. The molecule has 7 nitrogen and oxygen atoms in total. The Bertz CT molecular complexity index is 961. The summed E-state index contributed by atoms with van der Waals surface area (Å²) in [6.45, 7) is 3.17. The Morgan fingerprint density at radius 2 is 1.93 bits per heavy atom. The van der Waals surface area contributed by atoms with Crippen molar-refractivity contribution in [3.63, 3.8) is 0 Å². The first-order valence-electron chi connectivity index (χ1n) is 9.62. The molecule has 2 heterocycles. The lowest BCUT2D eigenvalue weighted by atomic mass is 10.2. The van der Waals surface area contributed by atoms with E-state index in [2.05, 4.69) is 20.5 Å². The van der Waals surface area contributed by atoms with Gasteiger partial charge in [0.25, 0.3) is 0 Å². The first-order valence-corrected chi connectivity index (χ1v) is 10.9. The van der Waals surface area contributed by atoms with Crippen molar-refractivity contribution in [2.24, 2.45) is 4.99 Å². The third-order valence-corrected chi connectivity index (χ3v) is 6.15. The number of hydrogen-bond donors (Lipinski definition) is 2. The molecular formula is C21H21ClN4O3S. The molecule has 2 aliphatic rings. The molecule has 2 amide bonds. The Balaban J connectivity index is 1.32. The van der Waals surface area contributed by atoms with Gasteiger partial charge in [0.15, 0.2) is 5.17 Å². The van der Waals surface area contributed by atoms with Gasteiger partial charge in [-0.15, -0.1) is 0 Å². The minimum atomic E-state index is -0.529. The molecule has 2 saturated heterocycles. The summed E-state index contributed by atoms with van der Waals surface area (Å²) in [6.07, 6.45) is 0.0588. The molecular weight excluding hydrogens is 424 g/mol. The van der Waals surface area contributed by atoms with E-state index in [1.807, 2.05) is 36.4 Å². The molecule has 1 unspecified atom stereocenters. The van der Waals surface area contributed by atoms with Gasteiger partial charge in [0.2, 0.25) is 11.8 Å². The summed E-state index contributed by atoms with van der Waals surface area (Å²) >= 11 is 7.34. The number of thioether (sulfide) groups is 1. The summed E-state index contributed by atoms with van der Waals surface area (Å²) < 4.78 is 5.37. The second kappa shape index (κ2) is 9.51. The lowest BCUT2D eigenvalue weighted by Crippen LogP contribution is -2.36. The van der Waals surface area contributed by atoms with E-state index in [-0.39, 0.29) is 18.2 Å². The summed E-state index contributed by atoms with van der Waals surface area (Å²) in [6, 6.07) is 14.8. The van der Waals surface area contributed by atoms with E-state index in [9.17, 15) is 9.59 Å². The number of rotatable bonds is 5. The fraction of sp³-hybridized carbons (Fsp3) is 0.286. The van der Waals surface area contributed by atoms with E-state index >= 15 is 0 Å². The molecule has 156 valence electrons. The van der Waals surface area contributed by atoms with E-state index in [0.29, 0.717) is 21.6 Å². The van der Waals surface area contributed by atoms with Crippen LogP contribution in [0.2, 0.25) is 5.02 Å². The van der Waals surface area contributed by atoms with Crippen molar-refractivity contribution in [1.82, 2.24) is 5.32 Å². The second-order valence-electron chi connectivity index (χ2n) is 6.86. The highest BCUT2D eigenvalue weighted by Crippen LogP contribution is 2.29. The number of anilines is 2. The normalized spacial score (nSPS) is 20.3. The lowest BCUT2D eigenvalue weighted by molar-refractivity contribution is -0.122. The number of amidine groups is 1. The van der Waals surface area contributed by atoms with E-state index in [0.717, 1.165) is 32.0 Å². The van der Waals surface area contributed by atoms with E-state index in [1.165, 1.54) is 11.8 Å². The summed E-state index contributed by atoms with van der Waals surface area (Å²) in [5.74, 6) is -0.454. The Hall–Kier alpha value is -2.55. The van der Waals surface area contributed by atoms with Crippen molar-refractivity contribution in [2.45, 2.75) is 11.7 Å². The number of morpholine rings is 1. The van der Waals surface area contributed by atoms with E-state index < -0.39 is 5.25 Å². The average molecular weight is 445 g/mol. The number of para-hydroxylation sites is 1. The quantitative estimate of drug-likeness (QED) is 0.738. The summed E-state index contributed by atoms with van der Waals surface area (Å²) in [7, 11) is 0. The molecule has 2 fully saturated rings. The third-order valence-electron chi connectivity index (χ3n) is 4.75. The van der Waals surface area contributed by atoms with Gasteiger partial charge in [-0.1, -0.05) is 35.5 Å². The van der Waals surface area contributed by atoms with Crippen LogP contribution in [0.5, 0.6) is 0 Å². The first kappa shape index (κ1) is 20.7. The molecule has 0 radical (unpaired) electrons. The number of nitrogens with zero attached hydrogens (tertiary/aromatic N) is 2. The zero-order chi connectivity index (χ0) is 20.9. The minimum Gasteiger partial charge on any atom is -0.378 e. The maximum atomic E-state index is 12.4. The monoisotopic (exact) mass is 444 g/mol. The standard InChI is InChI=1S/C21H21ClN4O3S/c22-16-3-1-2-4-17(16)24-21-25-20(28)18(30-21)13-19(27)23-14-5-7-15(8-6-14)26-9-11-29-12-10-26/h1-8,18H,9-13H2,(H,23,27)(H,24,25,28). The Kier molecular flexibility index (Phi) is 6.56. The van der Waals surface area contributed by atoms with Crippen LogP contribution in [-0.4, -0.2) is 48.5 Å². The molecule has 2 aromatic carbocycles. The van der Waals surface area contributed by atoms with Crippen LogP contribution in [0.15, 0.2) is 53.5 Å². The van der Waals surface area contributed by atoms with E-state index in [4.69, 9.17) is 16.3 Å². The smallest absolute Gasteiger partial charge is 0.240 e. The number of carbonyl (C=O) groups is 2. The minimum absolute atomic E-state index is 0.0588. The van der Waals surface area contributed by atoms with Gasteiger partial charge < -0.3 is 20.3 Å². The number of halogens is 1. The maximum absolute atomic E-state index is 12.4. The van der Waals surface area contributed by atoms with Crippen molar-refractivity contribution >= 4 is 57.4 Å². The van der Waals surface area contributed by atoms with Crippen LogP contribution in [-0.2, 0) is 14.3 Å². The topological polar surface area (TPSA) is 83.0 Å². The fourth-order valence-electron chi connectivity index (χ4n) is 3.20. The number of carbonyl (C=O) groups excluding carboxylic acids is 2. The molecule has 4 rings (SSSR count). The van der Waals surface area contributed by atoms with Crippen LogP contribution < -0.4 is 15.5 Å².